The lowest BCUT2D eigenvalue weighted by atomic mass is 10.1. The van der Waals surface area contributed by atoms with Crippen molar-refractivity contribution in [2.75, 3.05) is 37.6 Å². The van der Waals surface area contributed by atoms with Crippen molar-refractivity contribution in [3.63, 3.8) is 0 Å². The van der Waals surface area contributed by atoms with Crippen molar-refractivity contribution in [1.29, 1.82) is 0 Å². The highest BCUT2D eigenvalue weighted by Crippen LogP contribution is 2.36. The maximum Gasteiger partial charge on any atom is 0.277 e. The zero-order valence-corrected chi connectivity index (χ0v) is 23.2. The Bertz CT molecular complexity index is 1360. The molecular weight excluding hydrogens is 496 g/mol. The molecule has 36 heavy (non-hydrogen) atoms. The summed E-state index contributed by atoms with van der Waals surface area (Å²) in [5, 5.41) is 0. The molecule has 0 fully saturated rings. The number of aryl methyl sites for hydroxylation is 2. The molecule has 0 aliphatic rings. The van der Waals surface area contributed by atoms with E-state index in [0.717, 1.165) is 16.7 Å². The van der Waals surface area contributed by atoms with Gasteiger partial charge in [0.2, 0.25) is 0 Å². The first kappa shape index (κ1) is 27.7. The molecule has 0 spiro atoms. The summed E-state index contributed by atoms with van der Waals surface area (Å²) in [6, 6.07) is 15.4. The molecule has 0 aromatic heterocycles. The van der Waals surface area contributed by atoms with E-state index in [-0.39, 0.29) is 15.5 Å². The maximum atomic E-state index is 14.0. The van der Waals surface area contributed by atoms with Crippen molar-refractivity contribution in [2.24, 2.45) is 0 Å². The molecule has 0 atom stereocenters. The summed E-state index contributed by atoms with van der Waals surface area (Å²) in [5.41, 5.74) is 9.68. The van der Waals surface area contributed by atoms with E-state index in [9.17, 15) is 16.8 Å². The molecule has 0 aliphatic carbocycles. The van der Waals surface area contributed by atoms with E-state index in [2.05, 4.69) is 0 Å². The second-order valence-corrected chi connectivity index (χ2v) is 13.3. The van der Waals surface area contributed by atoms with Gasteiger partial charge in [0.05, 0.1) is 15.5 Å². The van der Waals surface area contributed by atoms with Gasteiger partial charge in [-0.05, 0) is 89.6 Å². The van der Waals surface area contributed by atoms with Gasteiger partial charge in [0, 0.05) is 18.8 Å². The van der Waals surface area contributed by atoms with Crippen LogP contribution in [0.25, 0.3) is 0 Å². The predicted octanol–water partition coefficient (Wildman–Crippen LogP) is 3.59. The van der Waals surface area contributed by atoms with Crippen molar-refractivity contribution in [1.82, 2.24) is 9.80 Å². The fourth-order valence-electron chi connectivity index (χ4n) is 3.82. The molecule has 2 N–H and O–H groups in total. The molecule has 0 amide bonds. The van der Waals surface area contributed by atoms with Gasteiger partial charge in [-0.25, -0.2) is 16.8 Å². The quantitative estimate of drug-likeness (QED) is 0.422. The first-order valence-electron chi connectivity index (χ1n) is 11.4. The van der Waals surface area contributed by atoms with Crippen LogP contribution in [0.3, 0.4) is 0 Å². The third kappa shape index (κ3) is 5.89. The van der Waals surface area contributed by atoms with Crippen LogP contribution in [0.2, 0.25) is 0 Å². The Morgan fingerprint density at radius 3 is 1.42 bits per heavy atom. The van der Waals surface area contributed by atoms with E-state index < -0.39 is 20.0 Å². The standard InChI is InChI=1S/C26H34N4O4S2/c1-19-7-11-23(12-8-19)35(31,32)30(36(33,34)24-13-9-20(2)10-14-24)26-16-25(27)21(17-28(3)4)15-22(26)18-29(5)6/h7-16H,17-18,27H2,1-6H3. The normalized spacial score (nSPS) is 12.3. The molecule has 8 nitrogen and oxygen atoms in total. The summed E-state index contributed by atoms with van der Waals surface area (Å²) in [5.74, 6) is 0. The fraction of sp³-hybridized carbons (Fsp3) is 0.308. The van der Waals surface area contributed by atoms with Gasteiger partial charge in [0.1, 0.15) is 0 Å². The van der Waals surface area contributed by atoms with Gasteiger partial charge in [-0.1, -0.05) is 35.4 Å². The molecular formula is C26H34N4O4S2. The number of nitrogen functional groups attached to an aromatic ring is 1. The van der Waals surface area contributed by atoms with Crippen LogP contribution in [0.5, 0.6) is 0 Å². The summed E-state index contributed by atoms with van der Waals surface area (Å²) < 4.78 is 56.6. The smallest absolute Gasteiger partial charge is 0.277 e. The summed E-state index contributed by atoms with van der Waals surface area (Å²) >= 11 is 0. The second-order valence-electron chi connectivity index (χ2n) is 9.49. The van der Waals surface area contributed by atoms with Gasteiger partial charge in [-0.2, -0.15) is 3.71 Å². The third-order valence-corrected chi connectivity index (χ3v) is 9.76. The van der Waals surface area contributed by atoms with Gasteiger partial charge in [0.25, 0.3) is 20.0 Å². The Morgan fingerprint density at radius 2 is 1.03 bits per heavy atom. The van der Waals surface area contributed by atoms with Crippen LogP contribution in [-0.4, -0.2) is 54.8 Å². The topological polar surface area (TPSA) is 104 Å². The van der Waals surface area contributed by atoms with E-state index >= 15 is 0 Å². The number of sulfonamides is 2. The van der Waals surface area contributed by atoms with Crippen LogP contribution in [0.15, 0.2) is 70.5 Å². The van der Waals surface area contributed by atoms with Crippen molar-refractivity contribution in [3.05, 3.63) is 82.9 Å². The van der Waals surface area contributed by atoms with Crippen LogP contribution >= 0.6 is 0 Å². The van der Waals surface area contributed by atoms with Crippen molar-refractivity contribution < 1.29 is 16.8 Å². The van der Waals surface area contributed by atoms with Gasteiger partial charge in [-0.3, -0.25) is 0 Å². The number of nitrogens with zero attached hydrogens (tertiary/aromatic N) is 3. The molecule has 3 aromatic rings. The molecule has 0 unspecified atom stereocenters. The van der Waals surface area contributed by atoms with Gasteiger partial charge in [-0.15, -0.1) is 0 Å². The summed E-state index contributed by atoms with van der Waals surface area (Å²) in [4.78, 5) is 3.53. The summed E-state index contributed by atoms with van der Waals surface area (Å²) in [6.45, 7) is 4.48. The molecule has 3 aromatic carbocycles. The molecule has 0 bridgehead atoms. The van der Waals surface area contributed by atoms with Crippen LogP contribution in [0, 0.1) is 13.8 Å². The largest absolute Gasteiger partial charge is 0.398 e. The molecule has 0 saturated heterocycles. The average molecular weight is 531 g/mol. The highest BCUT2D eigenvalue weighted by Gasteiger charge is 2.38. The highest BCUT2D eigenvalue weighted by molar-refractivity contribution is 8.10. The molecule has 10 heteroatoms. The Hall–Kier alpha value is -2.92. The van der Waals surface area contributed by atoms with Crippen LogP contribution < -0.4 is 9.44 Å². The third-order valence-electron chi connectivity index (χ3n) is 5.58. The lowest BCUT2D eigenvalue weighted by Crippen LogP contribution is -2.38. The van der Waals surface area contributed by atoms with Crippen molar-refractivity contribution in [3.8, 4) is 0 Å². The average Bonchev–Trinajstić information content (AvgIpc) is 2.76. The maximum absolute atomic E-state index is 14.0. The van der Waals surface area contributed by atoms with Crippen LogP contribution in [0.4, 0.5) is 11.4 Å². The molecule has 0 aliphatic heterocycles. The van der Waals surface area contributed by atoms with E-state index in [0.29, 0.717) is 28.1 Å². The number of nitrogens with two attached hydrogens (primary N) is 1. The molecule has 0 saturated carbocycles. The SMILES string of the molecule is Cc1ccc(S(=O)(=O)N(c2cc(N)c(CN(C)C)cc2CN(C)C)S(=O)(=O)c2ccc(C)cc2)cc1. The zero-order chi connectivity index (χ0) is 26.8. The monoisotopic (exact) mass is 530 g/mol. The summed E-state index contributed by atoms with van der Waals surface area (Å²) in [6.07, 6.45) is 0. The van der Waals surface area contributed by atoms with Gasteiger partial charge < -0.3 is 15.5 Å². The Kier molecular flexibility index (Phi) is 8.14. The van der Waals surface area contributed by atoms with Crippen molar-refractivity contribution >= 4 is 31.4 Å². The van der Waals surface area contributed by atoms with E-state index in [4.69, 9.17) is 5.73 Å². The Labute approximate surface area is 215 Å². The Balaban J connectivity index is 2.37. The number of anilines is 2. The number of rotatable bonds is 9. The number of benzene rings is 3. The minimum Gasteiger partial charge on any atom is -0.398 e. The molecule has 0 radical (unpaired) electrons. The number of hydrogen-bond acceptors (Lipinski definition) is 7. The minimum atomic E-state index is -4.54. The van der Waals surface area contributed by atoms with Gasteiger partial charge in [0.15, 0.2) is 0 Å². The van der Waals surface area contributed by atoms with E-state index in [1.165, 1.54) is 30.3 Å². The Morgan fingerprint density at radius 1 is 0.639 bits per heavy atom. The van der Waals surface area contributed by atoms with Crippen LogP contribution in [0.1, 0.15) is 22.3 Å². The predicted molar refractivity (Wildman–Crippen MR) is 145 cm³/mol. The second kappa shape index (κ2) is 10.6. The zero-order valence-electron chi connectivity index (χ0n) is 21.6. The fourth-order valence-corrected chi connectivity index (χ4v) is 7.57. The lowest BCUT2D eigenvalue weighted by molar-refractivity contribution is 0.396. The van der Waals surface area contributed by atoms with Crippen molar-refractivity contribution in [2.45, 2.75) is 36.7 Å². The number of hydrogen-bond donors (Lipinski definition) is 1. The van der Waals surface area contributed by atoms with Crippen LogP contribution in [-0.2, 0) is 33.1 Å². The highest BCUT2D eigenvalue weighted by atomic mass is 32.3. The molecule has 194 valence electrons. The van der Waals surface area contributed by atoms with E-state index in [1.807, 2.05) is 51.8 Å². The minimum absolute atomic E-state index is 0.00450. The van der Waals surface area contributed by atoms with Gasteiger partial charge >= 0.3 is 0 Å². The summed E-state index contributed by atoms with van der Waals surface area (Å²) in [7, 11) is -1.61. The first-order chi connectivity index (χ1) is 16.7. The van der Waals surface area contributed by atoms with E-state index in [1.54, 1.807) is 30.3 Å². The lowest BCUT2D eigenvalue weighted by Gasteiger charge is -2.28. The molecule has 3 rings (SSSR count). The first-order valence-corrected chi connectivity index (χ1v) is 14.3. The molecule has 0 heterocycles.